The molecule has 3 heterocycles. The summed E-state index contributed by atoms with van der Waals surface area (Å²) >= 11 is 8.56. The fourth-order valence-electron chi connectivity index (χ4n) is 3.51. The first-order valence-corrected chi connectivity index (χ1v) is 12.9. The van der Waals surface area contributed by atoms with Crippen molar-refractivity contribution in [2.75, 3.05) is 18.1 Å². The van der Waals surface area contributed by atoms with E-state index in [2.05, 4.69) is 26.0 Å². The minimum absolute atomic E-state index is 0.0111. The largest absolute Gasteiger partial charge is 0.506 e. The molecule has 1 aromatic carbocycles. The third-order valence-corrected chi connectivity index (χ3v) is 7.95. The number of hydrogen-bond acceptors (Lipinski definition) is 11. The lowest BCUT2D eigenvalue weighted by Crippen LogP contribution is -2.71. The van der Waals surface area contributed by atoms with Crippen molar-refractivity contribution in [1.29, 1.82) is 0 Å². The molecule has 1 unspecified atom stereocenters. The zero-order valence-electron chi connectivity index (χ0n) is 18.9. The summed E-state index contributed by atoms with van der Waals surface area (Å²) < 4.78 is 1.47. The van der Waals surface area contributed by atoms with Crippen LogP contribution < -0.4 is 5.32 Å². The summed E-state index contributed by atoms with van der Waals surface area (Å²) in [5, 5.41) is 37.1. The Morgan fingerprint density at radius 3 is 2.83 bits per heavy atom. The standard InChI is InChI=1S/C20H20ClN7O6S2/c1-3-34-24-13(9-4-5-12(29)11(21)6-9)16(30)22-14-17(31)28-15(19(32)33)10(7-35-18(14)28)8-36-20-23-25-26-27(20)2/h4-6,14,18,29H,3,7-8H2,1-2H3,(H,22,30)(H,32,33)/t14?,18-/m1/s1. The van der Waals surface area contributed by atoms with Gasteiger partial charge in [0.05, 0.1) is 5.02 Å². The average Bonchev–Trinajstić information content (AvgIpc) is 3.27. The number of rotatable bonds is 9. The number of hydrogen-bond donors (Lipinski definition) is 3. The Balaban J connectivity index is 1.51. The van der Waals surface area contributed by atoms with E-state index in [-0.39, 0.29) is 40.1 Å². The number of fused-ring (bicyclic) bond motifs is 1. The molecule has 13 nitrogen and oxygen atoms in total. The number of phenols is 1. The molecule has 1 fully saturated rings. The number of tetrazole rings is 1. The van der Waals surface area contributed by atoms with Gasteiger partial charge in [-0.2, -0.15) is 0 Å². The average molecular weight is 554 g/mol. The van der Waals surface area contributed by atoms with E-state index in [4.69, 9.17) is 16.4 Å². The molecule has 2 aliphatic heterocycles. The lowest BCUT2D eigenvalue weighted by molar-refractivity contribution is -0.150. The van der Waals surface area contributed by atoms with Gasteiger partial charge in [-0.3, -0.25) is 14.5 Å². The molecule has 1 aromatic heterocycles. The Bertz CT molecular complexity index is 1280. The number of carbonyl (C=O) groups is 3. The lowest BCUT2D eigenvalue weighted by atomic mass is 10.0. The van der Waals surface area contributed by atoms with Crippen LogP contribution in [0.5, 0.6) is 5.75 Å². The summed E-state index contributed by atoms with van der Waals surface area (Å²) in [4.78, 5) is 44.3. The van der Waals surface area contributed by atoms with Crippen molar-refractivity contribution in [2.45, 2.75) is 23.5 Å². The number of amides is 2. The first kappa shape index (κ1) is 25.8. The summed E-state index contributed by atoms with van der Waals surface area (Å²) in [5.74, 6) is -2.04. The quantitative estimate of drug-likeness (QED) is 0.174. The van der Waals surface area contributed by atoms with Crippen LogP contribution in [0.2, 0.25) is 5.02 Å². The number of carboxylic acid groups (broad SMARTS) is 1. The van der Waals surface area contributed by atoms with Gasteiger partial charge in [-0.1, -0.05) is 28.5 Å². The van der Waals surface area contributed by atoms with Crippen molar-refractivity contribution in [1.82, 2.24) is 30.4 Å². The molecule has 0 bridgehead atoms. The molecule has 0 spiro atoms. The number of aromatic hydroxyl groups is 1. The maximum atomic E-state index is 13.1. The van der Waals surface area contributed by atoms with E-state index in [9.17, 15) is 24.6 Å². The molecule has 2 amide bonds. The Hall–Kier alpha value is -3.30. The first-order chi connectivity index (χ1) is 17.2. The van der Waals surface area contributed by atoms with Crippen LogP contribution in [-0.4, -0.2) is 88.3 Å². The minimum atomic E-state index is -1.23. The van der Waals surface area contributed by atoms with E-state index in [1.165, 1.54) is 51.3 Å². The number of phenolic OH excluding ortho intramolecular Hbond substituents is 1. The van der Waals surface area contributed by atoms with E-state index in [1.54, 1.807) is 14.0 Å². The number of halogens is 1. The van der Waals surface area contributed by atoms with Gasteiger partial charge >= 0.3 is 5.97 Å². The van der Waals surface area contributed by atoms with Gasteiger partial charge in [-0.15, -0.1) is 16.9 Å². The summed E-state index contributed by atoms with van der Waals surface area (Å²) in [5.41, 5.74) is 0.569. The molecule has 2 aromatic rings. The Labute approximate surface area is 217 Å². The van der Waals surface area contributed by atoms with Crippen molar-refractivity contribution in [3.05, 3.63) is 40.1 Å². The zero-order valence-corrected chi connectivity index (χ0v) is 21.3. The summed E-state index contributed by atoms with van der Waals surface area (Å²) in [6, 6.07) is 3.12. The van der Waals surface area contributed by atoms with E-state index in [0.717, 1.165) is 0 Å². The van der Waals surface area contributed by atoms with Gasteiger partial charge in [0.25, 0.3) is 11.8 Å². The zero-order chi connectivity index (χ0) is 26.0. The molecular formula is C20H20ClN7O6S2. The SMILES string of the molecule is CCON=C(C(=O)NC1C(=O)N2C(C(=O)O)=C(CSc3nnnn3C)CS[C@H]12)c1ccc(O)c(Cl)c1. The van der Waals surface area contributed by atoms with Crippen molar-refractivity contribution in [3.8, 4) is 5.75 Å². The Morgan fingerprint density at radius 1 is 1.42 bits per heavy atom. The van der Waals surface area contributed by atoms with Crippen molar-refractivity contribution >= 4 is 58.6 Å². The highest BCUT2D eigenvalue weighted by molar-refractivity contribution is 8.01. The maximum Gasteiger partial charge on any atom is 0.352 e. The number of aromatic nitrogens is 4. The molecule has 2 aliphatic rings. The lowest BCUT2D eigenvalue weighted by Gasteiger charge is -2.49. The maximum absolute atomic E-state index is 13.1. The summed E-state index contributed by atoms with van der Waals surface area (Å²) in [7, 11) is 1.67. The fraction of sp³-hybridized carbons (Fsp3) is 0.350. The number of nitrogens with zero attached hydrogens (tertiary/aromatic N) is 6. The van der Waals surface area contributed by atoms with Crippen LogP contribution in [0.25, 0.3) is 0 Å². The van der Waals surface area contributed by atoms with Gasteiger partial charge in [0.2, 0.25) is 5.16 Å². The smallest absolute Gasteiger partial charge is 0.352 e. The molecule has 1 saturated heterocycles. The highest BCUT2D eigenvalue weighted by Gasteiger charge is 2.54. The van der Waals surface area contributed by atoms with Crippen LogP contribution in [0.3, 0.4) is 0 Å². The van der Waals surface area contributed by atoms with Gasteiger partial charge in [0.15, 0.2) is 5.71 Å². The summed E-state index contributed by atoms with van der Waals surface area (Å²) in [6.07, 6.45) is 0. The predicted molar refractivity (Wildman–Crippen MR) is 130 cm³/mol. The highest BCUT2D eigenvalue weighted by atomic mass is 35.5. The van der Waals surface area contributed by atoms with Gasteiger partial charge in [-0.05, 0) is 41.1 Å². The third kappa shape index (κ3) is 4.99. The summed E-state index contributed by atoms with van der Waals surface area (Å²) in [6.45, 7) is 1.88. The number of oxime groups is 1. The van der Waals surface area contributed by atoms with Crippen LogP contribution in [0.1, 0.15) is 12.5 Å². The molecular weight excluding hydrogens is 534 g/mol. The highest BCUT2D eigenvalue weighted by Crippen LogP contribution is 2.41. The second-order valence-corrected chi connectivity index (χ2v) is 9.97. The van der Waals surface area contributed by atoms with Gasteiger partial charge in [0, 0.05) is 24.1 Å². The van der Waals surface area contributed by atoms with E-state index < -0.39 is 29.2 Å². The molecule has 0 aliphatic carbocycles. The Morgan fingerprint density at radius 2 is 2.19 bits per heavy atom. The number of carboxylic acids is 1. The van der Waals surface area contributed by atoms with Gasteiger partial charge in [-0.25, -0.2) is 9.48 Å². The number of aliphatic carboxylic acids is 1. The van der Waals surface area contributed by atoms with Gasteiger partial charge < -0.3 is 20.4 Å². The molecule has 16 heteroatoms. The minimum Gasteiger partial charge on any atom is -0.506 e. The number of β-lactam (4-membered cyclic amide) rings is 1. The first-order valence-electron chi connectivity index (χ1n) is 10.5. The number of carbonyl (C=O) groups excluding carboxylic acids is 2. The number of thioether (sulfide) groups is 2. The van der Waals surface area contributed by atoms with Crippen molar-refractivity contribution in [3.63, 3.8) is 0 Å². The monoisotopic (exact) mass is 553 g/mol. The van der Waals surface area contributed by atoms with Crippen molar-refractivity contribution in [2.24, 2.45) is 12.2 Å². The third-order valence-electron chi connectivity index (χ3n) is 5.21. The van der Waals surface area contributed by atoms with Crippen LogP contribution in [0, 0.1) is 0 Å². The Kier molecular flexibility index (Phi) is 7.70. The molecule has 4 rings (SSSR count). The fourth-order valence-corrected chi connectivity index (χ4v) is 6.02. The molecule has 190 valence electrons. The van der Waals surface area contributed by atoms with Crippen molar-refractivity contribution < 1.29 is 29.4 Å². The van der Waals surface area contributed by atoms with Crippen LogP contribution >= 0.6 is 35.1 Å². The molecule has 2 atom stereocenters. The van der Waals surface area contributed by atoms with E-state index in [1.807, 2.05) is 0 Å². The van der Waals surface area contributed by atoms with Crippen LogP contribution in [-0.2, 0) is 26.3 Å². The molecule has 0 radical (unpaired) electrons. The predicted octanol–water partition coefficient (Wildman–Crippen LogP) is 0.841. The normalized spacial score (nSPS) is 19.6. The second-order valence-electron chi connectivity index (χ2n) is 7.52. The van der Waals surface area contributed by atoms with E-state index >= 15 is 0 Å². The van der Waals surface area contributed by atoms with Gasteiger partial charge in [0.1, 0.15) is 29.5 Å². The molecule has 0 saturated carbocycles. The molecule has 36 heavy (non-hydrogen) atoms. The van der Waals surface area contributed by atoms with Crippen LogP contribution in [0.15, 0.2) is 39.8 Å². The van der Waals surface area contributed by atoms with Crippen LogP contribution in [0.4, 0.5) is 0 Å². The second kappa shape index (κ2) is 10.8. The number of benzene rings is 1. The number of aryl methyl sites for hydroxylation is 1. The van der Waals surface area contributed by atoms with E-state index in [0.29, 0.717) is 16.5 Å². The topological polar surface area (TPSA) is 172 Å². The molecule has 3 N–H and O–H groups in total. The number of nitrogens with one attached hydrogen (secondary N) is 1.